The second-order valence-electron chi connectivity index (χ2n) is 8.39. The fourth-order valence-electron chi connectivity index (χ4n) is 3.85. The van der Waals surface area contributed by atoms with Crippen molar-refractivity contribution in [1.29, 1.82) is 0 Å². The van der Waals surface area contributed by atoms with Crippen molar-refractivity contribution in [3.63, 3.8) is 0 Å². The summed E-state index contributed by atoms with van der Waals surface area (Å²) in [5.41, 5.74) is 0.939. The number of hydrogen-bond acceptors (Lipinski definition) is 3. The summed E-state index contributed by atoms with van der Waals surface area (Å²) in [5.74, 6) is 0.754. The van der Waals surface area contributed by atoms with E-state index in [1.165, 1.54) is 12.0 Å². The number of piperidine rings is 1. The van der Waals surface area contributed by atoms with Crippen LogP contribution in [0.3, 0.4) is 0 Å². The van der Waals surface area contributed by atoms with Gasteiger partial charge in [0.25, 0.3) is 0 Å². The van der Waals surface area contributed by atoms with Gasteiger partial charge >= 0.3 is 0 Å². The fraction of sp³-hybridized carbons (Fsp3) is 0.667. The summed E-state index contributed by atoms with van der Waals surface area (Å²) in [4.78, 5) is 17.0. The van der Waals surface area contributed by atoms with Gasteiger partial charge in [0.15, 0.2) is 0 Å². The molecule has 1 N–H and O–H groups in total. The lowest BCUT2D eigenvalue weighted by atomic mass is 9.90. The second kappa shape index (κ2) is 8.81. The standard InChI is InChI=1S/C21H34N2O2/c1-21(2,3)20(25)23-13-8-9-17(16-23)15-22(4)19(12-14-24)18-10-6-5-7-11-18/h5-7,10-11,17,19,24H,8-9,12-16H2,1-4H3/t17-,19-/m1/s1. The second-order valence-corrected chi connectivity index (χ2v) is 8.39. The van der Waals surface area contributed by atoms with Gasteiger partial charge < -0.3 is 10.0 Å². The van der Waals surface area contributed by atoms with Crippen molar-refractivity contribution < 1.29 is 9.90 Å². The van der Waals surface area contributed by atoms with Crippen LogP contribution in [0.4, 0.5) is 0 Å². The SMILES string of the molecule is CN(C[C@H]1CCCN(C(=O)C(C)(C)C)C1)[C@H](CCO)c1ccccc1. The molecule has 2 rings (SSSR count). The van der Waals surface area contributed by atoms with Gasteiger partial charge in [-0.25, -0.2) is 0 Å². The molecule has 0 aromatic heterocycles. The molecule has 1 heterocycles. The lowest BCUT2D eigenvalue weighted by molar-refractivity contribution is -0.141. The van der Waals surface area contributed by atoms with E-state index >= 15 is 0 Å². The Morgan fingerprint density at radius 1 is 1.32 bits per heavy atom. The maximum atomic E-state index is 12.6. The first-order chi connectivity index (χ1) is 11.8. The van der Waals surface area contributed by atoms with E-state index in [1.54, 1.807) is 0 Å². The highest BCUT2D eigenvalue weighted by atomic mass is 16.3. The van der Waals surface area contributed by atoms with Crippen LogP contribution in [0, 0.1) is 11.3 Å². The Morgan fingerprint density at radius 3 is 2.60 bits per heavy atom. The van der Waals surface area contributed by atoms with Gasteiger partial charge in [0, 0.05) is 37.7 Å². The van der Waals surface area contributed by atoms with Gasteiger partial charge in [0.2, 0.25) is 5.91 Å². The van der Waals surface area contributed by atoms with Crippen molar-refractivity contribution >= 4 is 5.91 Å². The van der Waals surface area contributed by atoms with E-state index in [1.807, 2.05) is 31.7 Å². The van der Waals surface area contributed by atoms with E-state index in [4.69, 9.17) is 0 Å². The van der Waals surface area contributed by atoms with Gasteiger partial charge in [-0.1, -0.05) is 51.1 Å². The van der Waals surface area contributed by atoms with Crippen molar-refractivity contribution in [3.8, 4) is 0 Å². The Hall–Kier alpha value is -1.39. The third-order valence-electron chi connectivity index (χ3n) is 5.11. The van der Waals surface area contributed by atoms with Crippen LogP contribution in [-0.4, -0.2) is 54.1 Å². The highest BCUT2D eigenvalue weighted by molar-refractivity contribution is 5.81. The van der Waals surface area contributed by atoms with Crippen LogP contribution in [0.15, 0.2) is 30.3 Å². The Kier molecular flexibility index (Phi) is 7.03. The minimum Gasteiger partial charge on any atom is -0.396 e. The zero-order chi connectivity index (χ0) is 18.4. The molecule has 0 aliphatic carbocycles. The Labute approximate surface area is 152 Å². The monoisotopic (exact) mass is 346 g/mol. The molecule has 4 heteroatoms. The minimum atomic E-state index is -0.308. The third kappa shape index (κ3) is 5.55. The van der Waals surface area contributed by atoms with Crippen LogP contribution in [0.2, 0.25) is 0 Å². The van der Waals surface area contributed by atoms with Crippen LogP contribution >= 0.6 is 0 Å². The number of carbonyl (C=O) groups excluding carboxylic acids is 1. The van der Waals surface area contributed by atoms with Gasteiger partial charge in [0.1, 0.15) is 0 Å². The minimum absolute atomic E-state index is 0.184. The molecule has 1 aliphatic heterocycles. The normalized spacial score (nSPS) is 19.9. The first-order valence-corrected chi connectivity index (χ1v) is 9.48. The molecule has 1 aromatic rings. The molecule has 1 amide bonds. The number of benzene rings is 1. The lowest BCUT2D eigenvalue weighted by Gasteiger charge is -2.39. The highest BCUT2D eigenvalue weighted by Gasteiger charge is 2.32. The van der Waals surface area contributed by atoms with Crippen molar-refractivity contribution in [2.24, 2.45) is 11.3 Å². The molecule has 2 atom stereocenters. The average Bonchev–Trinajstić information content (AvgIpc) is 2.59. The van der Waals surface area contributed by atoms with Crippen LogP contribution in [0.1, 0.15) is 51.6 Å². The van der Waals surface area contributed by atoms with Crippen molar-refractivity contribution in [2.45, 2.75) is 46.1 Å². The zero-order valence-corrected chi connectivity index (χ0v) is 16.2. The Bertz CT molecular complexity index is 539. The fourth-order valence-corrected chi connectivity index (χ4v) is 3.85. The predicted molar refractivity (Wildman–Crippen MR) is 102 cm³/mol. The van der Waals surface area contributed by atoms with E-state index in [-0.39, 0.29) is 24.0 Å². The van der Waals surface area contributed by atoms with Gasteiger partial charge in [-0.3, -0.25) is 9.69 Å². The van der Waals surface area contributed by atoms with E-state index < -0.39 is 0 Å². The van der Waals surface area contributed by atoms with Crippen molar-refractivity contribution in [1.82, 2.24) is 9.80 Å². The average molecular weight is 347 g/mol. The van der Waals surface area contributed by atoms with E-state index in [0.29, 0.717) is 5.92 Å². The summed E-state index contributed by atoms with van der Waals surface area (Å²) in [7, 11) is 2.14. The summed E-state index contributed by atoms with van der Waals surface area (Å²) in [6.45, 7) is 8.86. The first kappa shape index (κ1) is 19.9. The van der Waals surface area contributed by atoms with Crippen LogP contribution < -0.4 is 0 Å². The maximum absolute atomic E-state index is 12.6. The van der Waals surface area contributed by atoms with E-state index in [2.05, 4.69) is 36.2 Å². The number of amides is 1. The van der Waals surface area contributed by atoms with Gasteiger partial charge in [-0.15, -0.1) is 0 Å². The molecule has 1 aliphatic rings. The molecular formula is C21H34N2O2. The van der Waals surface area contributed by atoms with E-state index in [0.717, 1.165) is 32.5 Å². The smallest absolute Gasteiger partial charge is 0.227 e. The topological polar surface area (TPSA) is 43.8 Å². The number of rotatable bonds is 6. The lowest BCUT2D eigenvalue weighted by Crippen LogP contribution is -2.47. The summed E-state index contributed by atoms with van der Waals surface area (Å²) >= 11 is 0. The molecule has 0 radical (unpaired) electrons. The molecule has 1 saturated heterocycles. The largest absolute Gasteiger partial charge is 0.396 e. The number of aliphatic hydroxyl groups excluding tert-OH is 1. The molecule has 0 bridgehead atoms. The molecule has 0 saturated carbocycles. The molecule has 0 unspecified atom stereocenters. The summed E-state index contributed by atoms with van der Waals surface area (Å²) in [5, 5.41) is 9.48. The molecule has 140 valence electrons. The zero-order valence-electron chi connectivity index (χ0n) is 16.2. The molecular weight excluding hydrogens is 312 g/mol. The highest BCUT2D eigenvalue weighted by Crippen LogP contribution is 2.27. The van der Waals surface area contributed by atoms with Crippen molar-refractivity contribution in [2.75, 3.05) is 33.3 Å². The molecule has 1 aromatic carbocycles. The molecule has 25 heavy (non-hydrogen) atoms. The van der Waals surface area contributed by atoms with Crippen LogP contribution in [0.5, 0.6) is 0 Å². The molecule has 1 fully saturated rings. The number of nitrogens with zero attached hydrogens (tertiary/aromatic N) is 2. The molecule has 0 spiro atoms. The van der Waals surface area contributed by atoms with E-state index in [9.17, 15) is 9.90 Å². The summed E-state index contributed by atoms with van der Waals surface area (Å²) in [6, 6.07) is 10.6. The number of carbonyl (C=O) groups is 1. The maximum Gasteiger partial charge on any atom is 0.227 e. The van der Waals surface area contributed by atoms with Gasteiger partial charge in [-0.05, 0) is 37.8 Å². The Balaban J connectivity index is 2.00. The summed E-state index contributed by atoms with van der Waals surface area (Å²) in [6.07, 6.45) is 2.98. The quantitative estimate of drug-likeness (QED) is 0.859. The Morgan fingerprint density at radius 2 is 2.00 bits per heavy atom. The first-order valence-electron chi connectivity index (χ1n) is 9.48. The van der Waals surface area contributed by atoms with Gasteiger partial charge in [-0.2, -0.15) is 0 Å². The predicted octanol–water partition coefficient (Wildman–Crippen LogP) is 3.33. The third-order valence-corrected chi connectivity index (χ3v) is 5.11. The van der Waals surface area contributed by atoms with Gasteiger partial charge in [0.05, 0.1) is 0 Å². The van der Waals surface area contributed by atoms with Crippen LogP contribution in [0.25, 0.3) is 0 Å². The summed E-state index contributed by atoms with van der Waals surface area (Å²) < 4.78 is 0. The van der Waals surface area contributed by atoms with Crippen LogP contribution in [-0.2, 0) is 4.79 Å². The van der Waals surface area contributed by atoms with Crippen molar-refractivity contribution in [3.05, 3.63) is 35.9 Å². The molecule has 4 nitrogen and oxygen atoms in total. The number of aliphatic hydroxyl groups is 1. The number of likely N-dealkylation sites (tertiary alicyclic amines) is 1. The number of hydrogen-bond donors (Lipinski definition) is 1.